The van der Waals surface area contributed by atoms with Crippen LogP contribution in [0.2, 0.25) is 0 Å². The molecule has 0 aromatic carbocycles. The zero-order valence-corrected chi connectivity index (χ0v) is 16.6. The van der Waals surface area contributed by atoms with E-state index in [2.05, 4.69) is 30.2 Å². The number of ether oxygens (including phenoxy) is 3. The number of esters is 3. The van der Waals surface area contributed by atoms with E-state index in [1.54, 1.807) is 0 Å². The molecule has 0 amide bonds. The second-order valence-corrected chi connectivity index (χ2v) is 5.91. The molecule has 0 aliphatic rings. The summed E-state index contributed by atoms with van der Waals surface area (Å²) in [5, 5.41) is 0. The molecule has 0 aromatic rings. The van der Waals surface area contributed by atoms with Crippen molar-refractivity contribution in [1.29, 1.82) is 0 Å². The number of rotatable bonds is 16. The summed E-state index contributed by atoms with van der Waals surface area (Å²) in [6.07, 6.45) is 6.81. The maximum atomic E-state index is 11.1. The Bertz CT molecular complexity index is 447. The molecule has 149 valence electrons. The number of hydrogen-bond acceptors (Lipinski definition) is 7. The third-order valence-electron chi connectivity index (χ3n) is 3.78. The zero-order valence-electron chi connectivity index (χ0n) is 15.6. The molecule has 0 aromatic heterocycles. The van der Waals surface area contributed by atoms with Crippen molar-refractivity contribution in [3.8, 4) is 0 Å². The first-order valence-electron chi connectivity index (χ1n) is 8.65. The second kappa shape index (κ2) is 14.9. The van der Waals surface area contributed by atoms with Gasteiger partial charge in [-0.25, -0.2) is 14.4 Å². The van der Waals surface area contributed by atoms with Crippen molar-refractivity contribution in [3.05, 3.63) is 38.0 Å². The number of hydrogen-bond donors (Lipinski definition) is 0. The van der Waals surface area contributed by atoms with Crippen LogP contribution < -0.4 is 0 Å². The van der Waals surface area contributed by atoms with Crippen molar-refractivity contribution in [2.45, 2.75) is 44.1 Å². The van der Waals surface area contributed by atoms with E-state index in [0.717, 1.165) is 18.2 Å². The molecular weight excluding hydrogens is 368 g/mol. The molecule has 0 rings (SSSR count). The lowest BCUT2D eigenvalue weighted by Gasteiger charge is -2.33. The van der Waals surface area contributed by atoms with E-state index in [4.69, 9.17) is 18.6 Å². The normalized spacial score (nSPS) is 10.6. The maximum absolute atomic E-state index is 11.1. The van der Waals surface area contributed by atoms with E-state index >= 15 is 0 Å². The molecule has 0 N–H and O–H groups in total. The summed E-state index contributed by atoms with van der Waals surface area (Å²) in [7, 11) is 3.14. The van der Waals surface area contributed by atoms with Crippen molar-refractivity contribution < 1.29 is 33.0 Å². The van der Waals surface area contributed by atoms with Gasteiger partial charge in [0.2, 0.25) is 10.5 Å². The monoisotopic (exact) mass is 395 g/mol. The minimum atomic E-state index is -0.585. The van der Waals surface area contributed by atoms with E-state index in [-0.39, 0.29) is 19.8 Å². The largest absolute Gasteiger partial charge is 0.463 e. The summed E-state index contributed by atoms with van der Waals surface area (Å²) in [4.78, 5) is 33.4. The van der Waals surface area contributed by atoms with E-state index in [9.17, 15) is 14.4 Å². The summed E-state index contributed by atoms with van der Waals surface area (Å²) in [6.45, 7) is 10.7. The van der Waals surface area contributed by atoms with Crippen LogP contribution in [0.1, 0.15) is 38.5 Å². The molecule has 0 saturated carbocycles. The van der Waals surface area contributed by atoms with Crippen molar-refractivity contribution >= 4 is 28.4 Å². The Morgan fingerprint density at radius 3 is 1.22 bits per heavy atom. The van der Waals surface area contributed by atoms with E-state index in [1.807, 2.05) is 0 Å². The Morgan fingerprint density at radius 2 is 1.00 bits per heavy atom. The highest BCUT2D eigenvalue weighted by atomic mass is 28.2. The second-order valence-electron chi connectivity index (χ2n) is 5.71. The smallest absolute Gasteiger partial charge is 0.330 e. The minimum absolute atomic E-state index is 0.235. The molecule has 0 fully saturated rings. The first kappa shape index (κ1) is 24.8. The fourth-order valence-corrected chi connectivity index (χ4v) is 2.71. The molecule has 0 aliphatic carbocycles. The fraction of sp³-hybridized carbons (Fsp3) is 0.526. The standard InChI is InChI=1S/C19H27O7Si/c1-4-16(20)23-13-7-10-19(26-27,11-8-14-24-17(21)5-2)12-9-15-25-18(22)6-3/h4-6H,1-3,7-15H2. The van der Waals surface area contributed by atoms with Gasteiger partial charge in [-0.15, -0.1) is 0 Å². The predicted molar refractivity (Wildman–Crippen MR) is 101 cm³/mol. The molecule has 0 heterocycles. The van der Waals surface area contributed by atoms with Crippen molar-refractivity contribution in [1.82, 2.24) is 0 Å². The van der Waals surface area contributed by atoms with E-state index in [0.29, 0.717) is 38.5 Å². The maximum Gasteiger partial charge on any atom is 0.330 e. The molecule has 7 nitrogen and oxygen atoms in total. The van der Waals surface area contributed by atoms with Gasteiger partial charge < -0.3 is 18.6 Å². The van der Waals surface area contributed by atoms with Crippen LogP contribution in [0.4, 0.5) is 0 Å². The minimum Gasteiger partial charge on any atom is -0.463 e. The molecular formula is C19H27O7Si. The summed E-state index contributed by atoms with van der Waals surface area (Å²) < 4.78 is 20.5. The van der Waals surface area contributed by atoms with Gasteiger partial charge in [0.1, 0.15) is 0 Å². The molecule has 0 aliphatic heterocycles. The van der Waals surface area contributed by atoms with Gasteiger partial charge in [-0.05, 0) is 38.5 Å². The van der Waals surface area contributed by atoms with Crippen LogP contribution in [-0.4, -0.2) is 53.8 Å². The molecule has 0 saturated heterocycles. The van der Waals surface area contributed by atoms with Gasteiger partial charge in [0.15, 0.2) is 0 Å². The van der Waals surface area contributed by atoms with Gasteiger partial charge in [-0.2, -0.15) is 0 Å². The van der Waals surface area contributed by atoms with Gasteiger partial charge >= 0.3 is 17.9 Å². The van der Waals surface area contributed by atoms with Crippen LogP contribution in [0.25, 0.3) is 0 Å². The predicted octanol–water partition coefficient (Wildman–Crippen LogP) is 2.35. The lowest BCUT2D eigenvalue weighted by Crippen LogP contribution is -2.33. The molecule has 3 radical (unpaired) electrons. The average molecular weight is 396 g/mol. The zero-order chi connectivity index (χ0) is 20.5. The molecule has 0 bridgehead atoms. The fourth-order valence-electron chi connectivity index (χ4n) is 2.41. The lowest BCUT2D eigenvalue weighted by molar-refractivity contribution is -0.138. The van der Waals surface area contributed by atoms with E-state index in [1.165, 1.54) is 0 Å². The van der Waals surface area contributed by atoms with Gasteiger partial charge in [0.25, 0.3) is 0 Å². The SMILES string of the molecule is C=CC(=O)OCCCC(CCCOC(=O)C=C)(CCCOC(=O)C=C)O[Si]. The third kappa shape index (κ3) is 11.9. The molecule has 0 atom stereocenters. The Kier molecular flexibility index (Phi) is 13.7. The van der Waals surface area contributed by atoms with Crippen LogP contribution in [0.5, 0.6) is 0 Å². The average Bonchev–Trinajstić information content (AvgIpc) is 2.70. The Morgan fingerprint density at radius 1 is 0.704 bits per heavy atom. The van der Waals surface area contributed by atoms with Gasteiger partial charge in [-0.3, -0.25) is 0 Å². The summed E-state index contributed by atoms with van der Waals surface area (Å²) >= 11 is 0. The molecule has 27 heavy (non-hydrogen) atoms. The topological polar surface area (TPSA) is 88.1 Å². The van der Waals surface area contributed by atoms with E-state index < -0.39 is 23.5 Å². The Labute approximate surface area is 163 Å². The number of carbonyl (C=O) groups is 3. The van der Waals surface area contributed by atoms with Crippen molar-refractivity contribution in [2.75, 3.05) is 19.8 Å². The highest BCUT2D eigenvalue weighted by Crippen LogP contribution is 2.29. The van der Waals surface area contributed by atoms with Gasteiger partial charge in [0, 0.05) is 18.2 Å². The van der Waals surface area contributed by atoms with Gasteiger partial charge in [-0.1, -0.05) is 19.7 Å². The molecule has 0 spiro atoms. The van der Waals surface area contributed by atoms with Crippen molar-refractivity contribution in [3.63, 3.8) is 0 Å². The van der Waals surface area contributed by atoms with Crippen LogP contribution in [0.3, 0.4) is 0 Å². The summed E-state index contributed by atoms with van der Waals surface area (Å²) in [6, 6.07) is 0. The van der Waals surface area contributed by atoms with Crippen LogP contribution in [-0.2, 0) is 33.0 Å². The first-order valence-corrected chi connectivity index (χ1v) is 9.06. The molecule has 0 unspecified atom stereocenters. The summed E-state index contributed by atoms with van der Waals surface area (Å²) in [5.41, 5.74) is -0.585. The van der Waals surface area contributed by atoms with Crippen molar-refractivity contribution in [2.24, 2.45) is 0 Å². The first-order chi connectivity index (χ1) is 12.9. The van der Waals surface area contributed by atoms with Crippen LogP contribution >= 0.6 is 0 Å². The Hall–Kier alpha value is -2.19. The highest BCUT2D eigenvalue weighted by Gasteiger charge is 2.28. The quantitative estimate of drug-likeness (QED) is 0.130. The molecule has 8 heteroatoms. The lowest BCUT2D eigenvalue weighted by atomic mass is 9.88. The van der Waals surface area contributed by atoms with Crippen LogP contribution in [0, 0.1) is 0 Å². The number of carbonyl (C=O) groups excluding carboxylic acids is 3. The summed E-state index contributed by atoms with van der Waals surface area (Å²) in [5.74, 6) is -1.44. The van der Waals surface area contributed by atoms with Crippen LogP contribution in [0.15, 0.2) is 38.0 Å². The van der Waals surface area contributed by atoms with Gasteiger partial charge in [0.05, 0.1) is 25.4 Å². The third-order valence-corrected chi connectivity index (χ3v) is 4.21. The Balaban J connectivity index is 4.59. The highest BCUT2D eigenvalue weighted by molar-refractivity contribution is 5.98.